The van der Waals surface area contributed by atoms with Crippen LogP contribution in [0.1, 0.15) is 0 Å². The number of rotatable bonds is 4. The van der Waals surface area contributed by atoms with E-state index in [0.717, 1.165) is 0 Å². The summed E-state index contributed by atoms with van der Waals surface area (Å²) in [6.07, 6.45) is 0. The lowest BCUT2D eigenvalue weighted by atomic mass is 10.3. The van der Waals surface area contributed by atoms with Gasteiger partial charge in [-0.25, -0.2) is 0 Å². The average molecular weight is 370 g/mol. The molecule has 2 aromatic rings. The molecule has 0 aliphatic rings. The van der Waals surface area contributed by atoms with E-state index in [1.807, 2.05) is 0 Å². The van der Waals surface area contributed by atoms with E-state index >= 15 is 0 Å². The number of hydrogen-bond donors (Lipinski definition) is 0. The van der Waals surface area contributed by atoms with Crippen molar-refractivity contribution < 1.29 is 31.1 Å². The van der Waals surface area contributed by atoms with Crippen molar-refractivity contribution in [3.05, 3.63) is 48.5 Å². The second kappa shape index (κ2) is 6.96. The summed E-state index contributed by atoms with van der Waals surface area (Å²) < 4.78 is 80.4. The van der Waals surface area contributed by atoms with E-state index in [1.54, 1.807) is 0 Å². The molecule has 0 aliphatic carbocycles. The molecule has 23 heavy (non-hydrogen) atoms. The quantitative estimate of drug-likeness (QED) is 0.438. The van der Waals surface area contributed by atoms with Crippen LogP contribution in [0.3, 0.4) is 0 Å². The van der Waals surface area contributed by atoms with E-state index in [9.17, 15) is 26.3 Å². The van der Waals surface area contributed by atoms with Gasteiger partial charge in [-0.05, 0) is 47.8 Å². The first-order valence-corrected chi connectivity index (χ1v) is 7.65. The number of thioether (sulfide) groups is 2. The Balaban J connectivity index is 2.30. The van der Waals surface area contributed by atoms with E-state index in [1.165, 1.54) is 48.5 Å². The number of hydrogen-bond acceptors (Lipinski definition) is 3. The monoisotopic (exact) mass is 370 g/mol. The Labute approximate surface area is 136 Å². The third-order valence-electron chi connectivity index (χ3n) is 2.37. The minimum absolute atomic E-state index is 0.162. The highest BCUT2D eigenvalue weighted by Crippen LogP contribution is 2.45. The van der Waals surface area contributed by atoms with E-state index in [4.69, 9.17) is 4.74 Å². The van der Waals surface area contributed by atoms with Crippen molar-refractivity contribution in [1.82, 2.24) is 0 Å². The van der Waals surface area contributed by atoms with Gasteiger partial charge in [-0.1, -0.05) is 24.3 Å². The lowest BCUT2D eigenvalue weighted by Gasteiger charge is -2.15. The standard InChI is InChI=1S/C14H8F6OS2/c15-13(16,17)22-11-7-3-1-5-9(11)21-10-6-2-4-8-12(10)23-14(18,19)20/h1-8H. The predicted molar refractivity (Wildman–Crippen MR) is 76.8 cm³/mol. The van der Waals surface area contributed by atoms with Gasteiger partial charge >= 0.3 is 11.0 Å². The van der Waals surface area contributed by atoms with Gasteiger partial charge in [0.05, 0.1) is 9.79 Å². The van der Waals surface area contributed by atoms with Crippen LogP contribution in [0.2, 0.25) is 0 Å². The fourth-order valence-corrected chi connectivity index (χ4v) is 2.82. The number of para-hydroxylation sites is 2. The van der Waals surface area contributed by atoms with Gasteiger partial charge in [0.2, 0.25) is 0 Å². The summed E-state index contributed by atoms with van der Waals surface area (Å²) in [7, 11) is 0. The molecular formula is C14H8F6OS2. The van der Waals surface area contributed by atoms with Crippen molar-refractivity contribution in [2.45, 2.75) is 20.8 Å². The zero-order chi connectivity index (χ0) is 17.1. The number of benzene rings is 2. The van der Waals surface area contributed by atoms with E-state index in [2.05, 4.69) is 0 Å². The molecule has 0 amide bonds. The van der Waals surface area contributed by atoms with Crippen LogP contribution in [0, 0.1) is 0 Å². The maximum Gasteiger partial charge on any atom is 0.446 e. The highest BCUT2D eigenvalue weighted by Gasteiger charge is 2.32. The van der Waals surface area contributed by atoms with E-state index in [-0.39, 0.29) is 44.8 Å². The van der Waals surface area contributed by atoms with Gasteiger partial charge in [-0.3, -0.25) is 0 Å². The summed E-state index contributed by atoms with van der Waals surface area (Å²) in [5.41, 5.74) is -9.06. The smallest absolute Gasteiger partial charge is 0.446 e. The molecule has 0 aromatic heterocycles. The second-order valence-corrected chi connectivity index (χ2v) is 6.30. The molecular weight excluding hydrogens is 362 g/mol. The van der Waals surface area contributed by atoms with Crippen molar-refractivity contribution in [1.29, 1.82) is 0 Å². The number of ether oxygens (including phenoxy) is 1. The van der Waals surface area contributed by atoms with Gasteiger partial charge in [0.25, 0.3) is 0 Å². The van der Waals surface area contributed by atoms with Crippen LogP contribution in [0.25, 0.3) is 0 Å². The van der Waals surface area contributed by atoms with Crippen molar-refractivity contribution in [3.63, 3.8) is 0 Å². The minimum atomic E-state index is -4.53. The zero-order valence-corrected chi connectivity index (χ0v) is 12.7. The maximum atomic E-state index is 12.5. The Bertz CT molecular complexity index is 611. The van der Waals surface area contributed by atoms with Crippen molar-refractivity contribution >= 4 is 23.5 Å². The van der Waals surface area contributed by atoms with Crippen LogP contribution in [0.15, 0.2) is 58.3 Å². The molecule has 0 spiro atoms. The normalized spacial score (nSPS) is 12.3. The van der Waals surface area contributed by atoms with Crippen molar-refractivity contribution in [2.24, 2.45) is 0 Å². The first-order valence-electron chi connectivity index (χ1n) is 6.01. The first kappa shape index (κ1) is 17.9. The summed E-state index contributed by atoms with van der Waals surface area (Å²) in [6, 6.07) is 10.6. The fourth-order valence-electron chi connectivity index (χ4n) is 1.61. The average Bonchev–Trinajstić information content (AvgIpc) is 2.40. The Morgan fingerprint density at radius 1 is 0.609 bits per heavy atom. The molecule has 1 nitrogen and oxygen atoms in total. The molecule has 0 saturated heterocycles. The molecule has 0 aliphatic heterocycles. The first-order chi connectivity index (χ1) is 10.6. The summed E-state index contributed by atoms with van der Waals surface area (Å²) in [5.74, 6) is -0.324. The fraction of sp³-hybridized carbons (Fsp3) is 0.143. The van der Waals surface area contributed by atoms with Crippen LogP contribution in [0.4, 0.5) is 26.3 Å². The van der Waals surface area contributed by atoms with Gasteiger partial charge in [0.15, 0.2) is 0 Å². The lowest BCUT2D eigenvalue weighted by molar-refractivity contribution is -0.0336. The highest BCUT2D eigenvalue weighted by atomic mass is 32.2. The van der Waals surface area contributed by atoms with Crippen molar-refractivity contribution in [2.75, 3.05) is 0 Å². The summed E-state index contributed by atoms with van der Waals surface area (Å²) >= 11 is -0.777. The van der Waals surface area contributed by atoms with Crippen LogP contribution < -0.4 is 4.74 Å². The molecule has 9 heteroatoms. The third kappa shape index (κ3) is 5.91. The van der Waals surface area contributed by atoms with Gasteiger partial charge < -0.3 is 4.74 Å². The molecule has 0 heterocycles. The number of alkyl halides is 6. The third-order valence-corrected chi connectivity index (χ3v) is 3.95. The summed E-state index contributed by atoms with van der Waals surface area (Å²) in [5, 5.41) is 0. The molecule has 0 atom stereocenters. The lowest BCUT2D eigenvalue weighted by Crippen LogP contribution is -2.01. The van der Waals surface area contributed by atoms with Crippen LogP contribution in [-0.2, 0) is 0 Å². The zero-order valence-electron chi connectivity index (χ0n) is 11.1. The second-order valence-electron chi connectivity index (χ2n) is 4.09. The van der Waals surface area contributed by atoms with Crippen LogP contribution in [-0.4, -0.2) is 11.0 Å². The largest absolute Gasteiger partial charge is 0.455 e. The van der Waals surface area contributed by atoms with Crippen LogP contribution in [0.5, 0.6) is 11.5 Å². The molecule has 0 unspecified atom stereocenters. The topological polar surface area (TPSA) is 9.23 Å². The Kier molecular flexibility index (Phi) is 5.41. The summed E-state index contributed by atoms with van der Waals surface area (Å²) in [6.45, 7) is 0. The number of halogens is 6. The highest BCUT2D eigenvalue weighted by molar-refractivity contribution is 8.00. The van der Waals surface area contributed by atoms with Gasteiger partial charge in [-0.2, -0.15) is 26.3 Å². The predicted octanol–water partition coefficient (Wildman–Crippen LogP) is 6.70. The molecule has 0 saturated carbocycles. The molecule has 124 valence electrons. The maximum absolute atomic E-state index is 12.5. The summed E-state index contributed by atoms with van der Waals surface area (Å²) in [4.78, 5) is -0.460. The van der Waals surface area contributed by atoms with Gasteiger partial charge in [0, 0.05) is 0 Å². The minimum Gasteiger partial charge on any atom is -0.455 e. The molecule has 0 bridgehead atoms. The van der Waals surface area contributed by atoms with Gasteiger partial charge in [0.1, 0.15) is 11.5 Å². The molecule has 0 radical (unpaired) electrons. The molecule has 0 N–H and O–H groups in total. The molecule has 2 rings (SSSR count). The molecule has 2 aromatic carbocycles. The molecule has 0 fully saturated rings. The Morgan fingerprint density at radius 3 is 1.30 bits per heavy atom. The van der Waals surface area contributed by atoms with E-state index in [0.29, 0.717) is 0 Å². The Morgan fingerprint density at radius 2 is 0.957 bits per heavy atom. The Hall–Kier alpha value is -1.48. The van der Waals surface area contributed by atoms with Crippen molar-refractivity contribution in [3.8, 4) is 11.5 Å². The SMILES string of the molecule is FC(F)(F)Sc1ccccc1Oc1ccccc1SC(F)(F)F. The van der Waals surface area contributed by atoms with Gasteiger partial charge in [-0.15, -0.1) is 0 Å². The van der Waals surface area contributed by atoms with E-state index < -0.39 is 11.0 Å². The van der Waals surface area contributed by atoms with Crippen LogP contribution >= 0.6 is 23.5 Å².